The lowest BCUT2D eigenvalue weighted by molar-refractivity contribution is -0.119. The van der Waals surface area contributed by atoms with Crippen LogP contribution in [0.3, 0.4) is 0 Å². The van der Waals surface area contributed by atoms with Gasteiger partial charge in [-0.05, 0) is 113 Å². The molecule has 0 fully saturated rings. The monoisotopic (exact) mass is 668 g/mol. The molecule has 1 atom stereocenters. The van der Waals surface area contributed by atoms with E-state index in [2.05, 4.69) is 81.1 Å². The van der Waals surface area contributed by atoms with Gasteiger partial charge in [-0.3, -0.25) is 24.0 Å². The lowest BCUT2D eigenvalue weighted by atomic mass is 10.1. The van der Waals surface area contributed by atoms with Crippen LogP contribution in [0.4, 0.5) is 5.82 Å². The maximum atomic E-state index is 12.7. The van der Waals surface area contributed by atoms with Crippen molar-refractivity contribution < 1.29 is 14.4 Å². The van der Waals surface area contributed by atoms with E-state index >= 15 is 0 Å². The van der Waals surface area contributed by atoms with E-state index in [4.69, 9.17) is 4.79 Å². The molecule has 5 rings (SSSR count). The van der Waals surface area contributed by atoms with E-state index in [-0.39, 0.29) is 11.8 Å². The highest BCUT2D eigenvalue weighted by molar-refractivity contribution is 5.92. The molecule has 3 heterocycles. The maximum Gasteiger partial charge on any atom is 0.229 e. The summed E-state index contributed by atoms with van der Waals surface area (Å²) < 4.78 is 1.92. The van der Waals surface area contributed by atoms with Gasteiger partial charge in [0.2, 0.25) is 12.3 Å². The van der Waals surface area contributed by atoms with Crippen molar-refractivity contribution in [2.45, 2.75) is 52.4 Å². The van der Waals surface area contributed by atoms with Crippen LogP contribution in [0.25, 0.3) is 17.0 Å². The van der Waals surface area contributed by atoms with Crippen LogP contribution >= 0.6 is 0 Å². The number of carbonyl (C=O) groups is 3. The standard InChI is InChI=1S/C26H35N5O2.C10H12N2.C2H5NO/c1-27-11-5-3-4-6-12-31(2)13-7-8-20-9-10-25(29-17-20)30-26(33)22-14-21-16-24(19-32)28-18-23(21)15-22;1-7-4-8(2)10-9(5-7)6-11-12(10)3;1-3-2-4/h7-10,16-19,22,27H,3-6,11-15H2,1-2H3,(H,29,30,33);4-6H,1-3H3;2H,1H3,(H,3,4)/b8-7+;;. The molecular formula is C38H52N8O3. The summed E-state index contributed by atoms with van der Waals surface area (Å²) in [4.78, 5) is 43.4. The first-order valence-corrected chi connectivity index (χ1v) is 16.9. The van der Waals surface area contributed by atoms with Gasteiger partial charge in [0.1, 0.15) is 11.5 Å². The molecule has 4 aromatic rings. The maximum absolute atomic E-state index is 12.7. The molecule has 0 saturated carbocycles. The molecule has 0 spiro atoms. The fraction of sp³-hybridized carbons (Fsp3) is 0.421. The fourth-order valence-corrected chi connectivity index (χ4v) is 5.81. The topological polar surface area (TPSA) is 134 Å². The van der Waals surface area contributed by atoms with Crippen molar-refractivity contribution in [2.24, 2.45) is 13.0 Å². The van der Waals surface area contributed by atoms with E-state index in [0.717, 1.165) is 42.6 Å². The second-order valence-corrected chi connectivity index (χ2v) is 12.4. The van der Waals surface area contributed by atoms with Crippen LogP contribution < -0.4 is 16.0 Å². The normalized spacial score (nSPS) is 13.3. The summed E-state index contributed by atoms with van der Waals surface area (Å²) in [6.45, 7) is 7.34. The van der Waals surface area contributed by atoms with E-state index in [9.17, 15) is 9.59 Å². The van der Waals surface area contributed by atoms with E-state index in [1.54, 1.807) is 25.5 Å². The Labute approximate surface area is 290 Å². The number of nitrogens with one attached hydrogen (secondary N) is 3. The molecule has 1 aliphatic rings. The molecule has 1 aliphatic carbocycles. The van der Waals surface area contributed by atoms with Gasteiger partial charge in [0.05, 0.1) is 11.7 Å². The Bertz CT molecular complexity index is 1670. The number of rotatable bonds is 14. The number of pyridine rings is 2. The van der Waals surface area contributed by atoms with Crippen LogP contribution in [-0.2, 0) is 29.5 Å². The van der Waals surface area contributed by atoms with E-state index in [1.807, 2.05) is 37.1 Å². The van der Waals surface area contributed by atoms with Crippen molar-refractivity contribution in [1.29, 1.82) is 0 Å². The average molecular weight is 669 g/mol. The largest absolute Gasteiger partial charge is 0.362 e. The number of hydrogen-bond donors (Lipinski definition) is 3. The van der Waals surface area contributed by atoms with Crippen LogP contribution in [0.5, 0.6) is 0 Å². The smallest absolute Gasteiger partial charge is 0.229 e. The first kappa shape index (κ1) is 38.7. The molecule has 3 aromatic heterocycles. The van der Waals surface area contributed by atoms with Gasteiger partial charge in [0.25, 0.3) is 0 Å². The highest BCUT2D eigenvalue weighted by atomic mass is 16.2. The number of hydrogen-bond acceptors (Lipinski definition) is 8. The molecule has 0 bridgehead atoms. The quantitative estimate of drug-likeness (QED) is 0.127. The van der Waals surface area contributed by atoms with Crippen LogP contribution in [0.2, 0.25) is 0 Å². The number of aldehydes is 1. The van der Waals surface area contributed by atoms with Crippen molar-refractivity contribution in [3.05, 3.63) is 88.5 Å². The number of carbonyl (C=O) groups excluding carboxylic acids is 3. The van der Waals surface area contributed by atoms with Gasteiger partial charge in [0, 0.05) is 44.3 Å². The van der Waals surface area contributed by atoms with Gasteiger partial charge in [-0.25, -0.2) is 4.98 Å². The summed E-state index contributed by atoms with van der Waals surface area (Å²) in [6.07, 6.45) is 17.2. The number of aryl methyl sites for hydroxylation is 3. The molecule has 0 radical (unpaired) electrons. The minimum absolute atomic E-state index is 0.0535. The Hall–Kier alpha value is -4.74. The highest BCUT2D eigenvalue weighted by Gasteiger charge is 2.28. The Kier molecular flexibility index (Phi) is 16.3. The van der Waals surface area contributed by atoms with E-state index in [1.165, 1.54) is 47.7 Å². The number of aromatic nitrogens is 4. The van der Waals surface area contributed by atoms with Crippen LogP contribution in [0.15, 0.2) is 55.0 Å². The Balaban J connectivity index is 0.000000332. The zero-order chi connectivity index (χ0) is 35.6. The first-order chi connectivity index (χ1) is 23.7. The molecule has 11 nitrogen and oxygen atoms in total. The van der Waals surface area contributed by atoms with Gasteiger partial charge in [-0.15, -0.1) is 0 Å². The summed E-state index contributed by atoms with van der Waals surface area (Å²) >= 11 is 0. The third kappa shape index (κ3) is 12.7. The number of unbranched alkanes of at least 4 members (excludes halogenated alkanes) is 3. The zero-order valence-corrected chi connectivity index (χ0v) is 29.8. The molecule has 1 unspecified atom stereocenters. The van der Waals surface area contributed by atoms with Crippen LogP contribution in [0, 0.1) is 19.8 Å². The molecule has 0 aliphatic heterocycles. The van der Waals surface area contributed by atoms with Crippen molar-refractivity contribution in [3.8, 4) is 0 Å². The summed E-state index contributed by atoms with van der Waals surface area (Å²) in [5.74, 6) is 0.335. The molecule has 262 valence electrons. The molecule has 2 amide bonds. The third-order valence-electron chi connectivity index (χ3n) is 8.30. The number of nitrogens with zero attached hydrogens (tertiary/aromatic N) is 5. The second kappa shape index (κ2) is 20.6. The number of fused-ring (bicyclic) bond motifs is 2. The third-order valence-corrected chi connectivity index (χ3v) is 8.30. The van der Waals surface area contributed by atoms with E-state index in [0.29, 0.717) is 30.8 Å². The molecular weight excluding hydrogens is 616 g/mol. The minimum Gasteiger partial charge on any atom is -0.362 e. The molecule has 3 N–H and O–H groups in total. The summed E-state index contributed by atoms with van der Waals surface area (Å²) in [5, 5.41) is 13.8. The summed E-state index contributed by atoms with van der Waals surface area (Å²) in [6, 6.07) is 9.92. The zero-order valence-electron chi connectivity index (χ0n) is 29.8. The van der Waals surface area contributed by atoms with Gasteiger partial charge in [-0.1, -0.05) is 36.6 Å². The minimum atomic E-state index is -0.163. The Morgan fingerprint density at radius 1 is 0.980 bits per heavy atom. The van der Waals surface area contributed by atoms with Gasteiger partial charge in [0.15, 0.2) is 6.29 Å². The summed E-state index contributed by atoms with van der Waals surface area (Å²) in [7, 11) is 7.68. The number of benzene rings is 1. The van der Waals surface area contributed by atoms with Gasteiger partial charge >= 0.3 is 0 Å². The van der Waals surface area contributed by atoms with Gasteiger partial charge < -0.3 is 20.9 Å². The van der Waals surface area contributed by atoms with Gasteiger partial charge in [-0.2, -0.15) is 5.10 Å². The first-order valence-electron chi connectivity index (χ1n) is 16.9. The number of amides is 2. The summed E-state index contributed by atoms with van der Waals surface area (Å²) in [5.41, 5.74) is 7.31. The second-order valence-electron chi connectivity index (χ2n) is 12.4. The average Bonchev–Trinajstić information content (AvgIpc) is 3.70. The lowest BCUT2D eigenvalue weighted by Gasteiger charge is -2.14. The number of anilines is 1. The highest BCUT2D eigenvalue weighted by Crippen LogP contribution is 2.27. The molecule has 1 aromatic carbocycles. The molecule has 11 heteroatoms. The Morgan fingerprint density at radius 2 is 1.73 bits per heavy atom. The molecule has 0 saturated heterocycles. The molecule has 49 heavy (non-hydrogen) atoms. The predicted molar refractivity (Wildman–Crippen MR) is 198 cm³/mol. The lowest BCUT2D eigenvalue weighted by Crippen LogP contribution is -2.23. The van der Waals surface area contributed by atoms with Crippen molar-refractivity contribution >= 4 is 41.4 Å². The van der Waals surface area contributed by atoms with E-state index < -0.39 is 0 Å². The van der Waals surface area contributed by atoms with Crippen molar-refractivity contribution in [1.82, 2.24) is 35.3 Å². The van der Waals surface area contributed by atoms with Crippen LogP contribution in [-0.4, -0.2) is 84.0 Å². The van der Waals surface area contributed by atoms with Crippen molar-refractivity contribution in [3.63, 3.8) is 0 Å². The van der Waals surface area contributed by atoms with Crippen molar-refractivity contribution in [2.75, 3.05) is 46.1 Å². The fourth-order valence-electron chi connectivity index (χ4n) is 5.81. The Morgan fingerprint density at radius 3 is 2.43 bits per heavy atom. The number of likely N-dealkylation sites (N-methyl/N-ethyl adjacent to an activating group) is 1. The predicted octanol–water partition coefficient (Wildman–Crippen LogP) is 4.92. The van der Waals surface area contributed by atoms with Crippen LogP contribution in [0.1, 0.15) is 64.0 Å². The SMILES string of the molecule is CNC=O.CNCCCCCCN(C)C/C=C/c1ccc(NC(=O)C2Cc3cnc(C=O)cc3C2)nc1.Cc1cc(C)c2c(cnn2C)c1.